The van der Waals surface area contributed by atoms with Gasteiger partial charge < -0.3 is 20.6 Å². The molecule has 3 unspecified atom stereocenters. The summed E-state index contributed by atoms with van der Waals surface area (Å²) in [4.78, 5) is 12.5. The molecule has 0 radical (unpaired) electrons. The highest BCUT2D eigenvalue weighted by atomic mass is 16.3. The lowest BCUT2D eigenvalue weighted by atomic mass is 9.99. The predicted molar refractivity (Wildman–Crippen MR) is 232 cm³/mol. The standard InChI is InChI=1S/C48H97NO4/c1-3-5-7-9-11-13-15-17-19-21-23-24-25-27-29-31-33-35-37-39-41-43-47(52)49-45(44-50)48(53)46(51)42-40-38-36-34-32-30-28-26-22-20-18-16-14-12-10-8-6-4-2/h45-46,48,50-51,53H,3-44H2,1-2H3,(H,49,52). The Morgan fingerprint density at radius 2 is 0.642 bits per heavy atom. The largest absolute Gasteiger partial charge is 0.394 e. The van der Waals surface area contributed by atoms with E-state index in [4.69, 9.17) is 0 Å². The number of aliphatic hydroxyl groups is 3. The molecule has 3 atom stereocenters. The Bertz CT molecular complexity index is 703. The quantitative estimate of drug-likeness (QED) is 0.0466. The third-order valence-corrected chi connectivity index (χ3v) is 11.7. The van der Waals surface area contributed by atoms with E-state index in [0.717, 1.165) is 32.1 Å². The van der Waals surface area contributed by atoms with E-state index in [1.807, 2.05) is 0 Å². The van der Waals surface area contributed by atoms with Gasteiger partial charge in [0.2, 0.25) is 5.91 Å². The van der Waals surface area contributed by atoms with Gasteiger partial charge in [-0.1, -0.05) is 258 Å². The number of hydrogen-bond donors (Lipinski definition) is 4. The summed E-state index contributed by atoms with van der Waals surface area (Å²) in [7, 11) is 0. The molecular weight excluding hydrogens is 655 g/mol. The molecule has 0 heterocycles. The number of nitrogens with one attached hydrogen (secondary N) is 1. The third kappa shape index (κ3) is 39.4. The zero-order valence-electron chi connectivity index (χ0n) is 36.2. The van der Waals surface area contributed by atoms with E-state index in [0.29, 0.717) is 12.8 Å². The maximum Gasteiger partial charge on any atom is 0.220 e. The molecule has 0 saturated carbocycles. The number of unbranched alkanes of at least 4 members (excludes halogenated alkanes) is 37. The Morgan fingerprint density at radius 3 is 0.906 bits per heavy atom. The summed E-state index contributed by atoms with van der Waals surface area (Å²) in [6.45, 7) is 4.21. The number of amides is 1. The Balaban J connectivity index is 3.54. The molecule has 5 heteroatoms. The highest BCUT2D eigenvalue weighted by Crippen LogP contribution is 2.18. The second kappa shape index (κ2) is 44.1. The van der Waals surface area contributed by atoms with E-state index in [1.54, 1.807) is 0 Å². The Morgan fingerprint density at radius 1 is 0.396 bits per heavy atom. The van der Waals surface area contributed by atoms with Crippen LogP contribution >= 0.6 is 0 Å². The molecule has 0 bridgehead atoms. The minimum atomic E-state index is -1.13. The molecule has 0 aliphatic carbocycles. The SMILES string of the molecule is CCCCCCCCCCCCCCCCCCCCCCCC(=O)NC(CO)C(O)C(O)CCCCCCCCCCCCCCCCCCCC. The van der Waals surface area contributed by atoms with Crippen LogP contribution in [0.5, 0.6) is 0 Å². The molecule has 0 aliphatic heterocycles. The van der Waals surface area contributed by atoms with Crippen LogP contribution in [0.4, 0.5) is 0 Å². The molecule has 0 fully saturated rings. The van der Waals surface area contributed by atoms with Crippen molar-refractivity contribution in [2.24, 2.45) is 0 Å². The van der Waals surface area contributed by atoms with Crippen LogP contribution in [0.25, 0.3) is 0 Å². The fraction of sp³-hybridized carbons (Fsp3) is 0.979. The molecule has 0 aliphatic rings. The van der Waals surface area contributed by atoms with Crippen LogP contribution in [0.1, 0.15) is 277 Å². The average Bonchev–Trinajstić information content (AvgIpc) is 3.16. The molecule has 0 aromatic heterocycles. The molecule has 1 amide bonds. The van der Waals surface area contributed by atoms with Crippen LogP contribution in [-0.4, -0.2) is 46.1 Å². The van der Waals surface area contributed by atoms with E-state index in [-0.39, 0.29) is 12.5 Å². The van der Waals surface area contributed by atoms with Crippen molar-refractivity contribution in [1.82, 2.24) is 5.32 Å². The number of hydrogen-bond acceptors (Lipinski definition) is 4. The van der Waals surface area contributed by atoms with Crippen LogP contribution in [0.3, 0.4) is 0 Å². The minimum Gasteiger partial charge on any atom is -0.394 e. The second-order valence-electron chi connectivity index (χ2n) is 17.0. The van der Waals surface area contributed by atoms with Crippen molar-refractivity contribution in [3.63, 3.8) is 0 Å². The Kier molecular flexibility index (Phi) is 43.5. The highest BCUT2D eigenvalue weighted by molar-refractivity contribution is 5.76. The summed E-state index contributed by atoms with van der Waals surface area (Å²) in [5.74, 6) is -0.138. The van der Waals surface area contributed by atoms with Gasteiger partial charge in [0.05, 0.1) is 18.8 Å². The molecule has 53 heavy (non-hydrogen) atoms. The van der Waals surface area contributed by atoms with Crippen molar-refractivity contribution < 1.29 is 20.1 Å². The van der Waals surface area contributed by atoms with Gasteiger partial charge in [0.1, 0.15) is 6.10 Å². The maximum atomic E-state index is 12.5. The Labute approximate surface area is 332 Å². The van der Waals surface area contributed by atoms with Crippen molar-refractivity contribution in [1.29, 1.82) is 0 Å². The van der Waals surface area contributed by atoms with E-state index < -0.39 is 18.2 Å². The van der Waals surface area contributed by atoms with Gasteiger partial charge in [-0.3, -0.25) is 4.79 Å². The van der Waals surface area contributed by atoms with Crippen LogP contribution in [0.2, 0.25) is 0 Å². The summed E-state index contributed by atoms with van der Waals surface area (Å²) in [5, 5.41) is 33.7. The summed E-state index contributed by atoms with van der Waals surface area (Å²) >= 11 is 0. The van der Waals surface area contributed by atoms with Gasteiger partial charge in [0.25, 0.3) is 0 Å². The van der Waals surface area contributed by atoms with Crippen molar-refractivity contribution in [3.8, 4) is 0 Å². The van der Waals surface area contributed by atoms with E-state index >= 15 is 0 Å². The van der Waals surface area contributed by atoms with E-state index in [1.165, 1.54) is 218 Å². The number of carbonyl (C=O) groups is 1. The number of carbonyl (C=O) groups excluding carboxylic acids is 1. The van der Waals surface area contributed by atoms with Crippen molar-refractivity contribution in [2.45, 2.75) is 295 Å². The van der Waals surface area contributed by atoms with Gasteiger partial charge in [-0.2, -0.15) is 0 Å². The fourth-order valence-corrected chi connectivity index (χ4v) is 7.93. The first-order valence-electron chi connectivity index (χ1n) is 24.3. The molecule has 0 aromatic rings. The first-order chi connectivity index (χ1) is 26.1. The van der Waals surface area contributed by atoms with Crippen LogP contribution in [-0.2, 0) is 4.79 Å². The average molecular weight is 752 g/mol. The van der Waals surface area contributed by atoms with E-state index in [2.05, 4.69) is 19.2 Å². The van der Waals surface area contributed by atoms with Crippen LogP contribution in [0, 0.1) is 0 Å². The van der Waals surface area contributed by atoms with Gasteiger partial charge >= 0.3 is 0 Å². The van der Waals surface area contributed by atoms with Crippen molar-refractivity contribution in [2.75, 3.05) is 6.61 Å². The van der Waals surface area contributed by atoms with Gasteiger partial charge in [-0.15, -0.1) is 0 Å². The van der Waals surface area contributed by atoms with Gasteiger partial charge in [0.15, 0.2) is 0 Å². The zero-order valence-corrected chi connectivity index (χ0v) is 36.2. The third-order valence-electron chi connectivity index (χ3n) is 11.7. The molecule has 0 saturated heterocycles. The summed E-state index contributed by atoms with van der Waals surface area (Å²) < 4.78 is 0. The second-order valence-corrected chi connectivity index (χ2v) is 17.0. The smallest absolute Gasteiger partial charge is 0.220 e. The molecule has 5 nitrogen and oxygen atoms in total. The monoisotopic (exact) mass is 752 g/mol. The van der Waals surface area contributed by atoms with Gasteiger partial charge in [-0.25, -0.2) is 0 Å². The summed E-state index contributed by atoms with van der Waals surface area (Å²) in [5.41, 5.74) is 0. The van der Waals surface area contributed by atoms with E-state index in [9.17, 15) is 20.1 Å². The van der Waals surface area contributed by atoms with Gasteiger partial charge in [0, 0.05) is 6.42 Å². The maximum absolute atomic E-state index is 12.5. The lowest BCUT2D eigenvalue weighted by molar-refractivity contribution is -0.124. The molecular formula is C48H97NO4. The van der Waals surface area contributed by atoms with Crippen molar-refractivity contribution >= 4 is 5.91 Å². The first kappa shape index (κ1) is 52.3. The lowest BCUT2D eigenvalue weighted by Crippen LogP contribution is -2.50. The number of rotatable bonds is 45. The summed E-state index contributed by atoms with van der Waals surface area (Å²) in [6.07, 6.45) is 50.8. The molecule has 4 N–H and O–H groups in total. The van der Waals surface area contributed by atoms with Crippen LogP contribution in [0.15, 0.2) is 0 Å². The van der Waals surface area contributed by atoms with Crippen molar-refractivity contribution in [3.05, 3.63) is 0 Å². The Hall–Kier alpha value is -0.650. The number of aliphatic hydroxyl groups excluding tert-OH is 3. The molecule has 0 spiro atoms. The molecule has 0 rings (SSSR count). The molecule has 0 aromatic carbocycles. The topological polar surface area (TPSA) is 89.8 Å². The fourth-order valence-electron chi connectivity index (χ4n) is 7.93. The highest BCUT2D eigenvalue weighted by Gasteiger charge is 2.26. The summed E-state index contributed by atoms with van der Waals surface area (Å²) in [6, 6.07) is -0.803. The molecule has 318 valence electrons. The lowest BCUT2D eigenvalue weighted by Gasteiger charge is -2.26. The predicted octanol–water partition coefficient (Wildman–Crippen LogP) is 14.2. The normalized spacial score (nSPS) is 13.4. The zero-order chi connectivity index (χ0) is 38.7. The van der Waals surface area contributed by atoms with Crippen LogP contribution < -0.4 is 5.32 Å². The van der Waals surface area contributed by atoms with Gasteiger partial charge in [-0.05, 0) is 12.8 Å². The first-order valence-corrected chi connectivity index (χ1v) is 24.3. The minimum absolute atomic E-state index is 0.138.